The van der Waals surface area contributed by atoms with Gasteiger partial charge in [0.05, 0.1) is 0 Å². The lowest BCUT2D eigenvalue weighted by Gasteiger charge is -2.17. The van der Waals surface area contributed by atoms with Gasteiger partial charge in [-0.3, -0.25) is 0 Å². The predicted octanol–water partition coefficient (Wildman–Crippen LogP) is 5.27. The fourth-order valence-electron chi connectivity index (χ4n) is 2.71. The highest BCUT2D eigenvalue weighted by atomic mass is 27.2. The molecular formula is C15H20AlF5. The predicted molar refractivity (Wildman–Crippen MR) is 75.0 cm³/mol. The van der Waals surface area contributed by atoms with E-state index < -0.39 is 48.8 Å². The summed E-state index contributed by atoms with van der Waals surface area (Å²) in [6, 6.07) is 0. The maximum Gasteiger partial charge on any atom is 0.268 e. The number of rotatable bonds is 6. The zero-order valence-corrected chi connectivity index (χ0v) is 13.9. The monoisotopic (exact) mass is 322 g/mol. The third kappa shape index (κ3) is 4.69. The van der Waals surface area contributed by atoms with E-state index in [1.807, 2.05) is 27.7 Å². The van der Waals surface area contributed by atoms with Gasteiger partial charge in [0.25, 0.3) is 14.1 Å². The molecule has 1 aromatic rings. The van der Waals surface area contributed by atoms with Gasteiger partial charge < -0.3 is 0 Å². The summed E-state index contributed by atoms with van der Waals surface area (Å²) in [5, 5.41) is 1.64. The van der Waals surface area contributed by atoms with Crippen molar-refractivity contribution >= 4 is 14.1 Å². The zero-order valence-electron chi connectivity index (χ0n) is 12.7. The molecule has 0 aromatic heterocycles. The molecule has 1 aromatic carbocycles. The van der Waals surface area contributed by atoms with Gasteiger partial charge in [0.15, 0.2) is 23.3 Å². The van der Waals surface area contributed by atoms with Gasteiger partial charge >= 0.3 is 0 Å². The van der Waals surface area contributed by atoms with Crippen LogP contribution in [-0.2, 0) is 5.28 Å². The van der Waals surface area contributed by atoms with Crippen LogP contribution in [0.15, 0.2) is 0 Å². The molecule has 6 heteroatoms. The Hall–Kier alpha value is -0.598. The fourth-order valence-corrected chi connectivity index (χ4v) is 6.84. The van der Waals surface area contributed by atoms with E-state index >= 15 is 0 Å². The van der Waals surface area contributed by atoms with Crippen LogP contribution in [-0.4, -0.2) is 14.1 Å². The van der Waals surface area contributed by atoms with E-state index in [1.54, 1.807) is 0 Å². The van der Waals surface area contributed by atoms with Crippen LogP contribution >= 0.6 is 0 Å². The molecule has 0 aliphatic heterocycles. The maximum absolute atomic E-state index is 13.7. The van der Waals surface area contributed by atoms with Crippen molar-refractivity contribution in [2.75, 3.05) is 0 Å². The summed E-state index contributed by atoms with van der Waals surface area (Å²) >= 11 is -1.62. The van der Waals surface area contributed by atoms with Crippen LogP contribution in [0.25, 0.3) is 0 Å². The Morgan fingerprint density at radius 2 is 1.00 bits per heavy atom. The highest BCUT2D eigenvalue weighted by Gasteiger charge is 2.29. The third-order valence-electron chi connectivity index (χ3n) is 3.40. The average Bonchev–Trinajstić information content (AvgIpc) is 2.37. The fraction of sp³-hybridized carbons (Fsp3) is 0.600. The SMILES string of the molecule is CC(C)[CH2][Al]([CH2]c1c(F)c(F)c(F)c(F)c1F)[CH2]C(C)C. The van der Waals surface area contributed by atoms with Crippen molar-refractivity contribution < 1.29 is 22.0 Å². The second-order valence-corrected chi connectivity index (χ2v) is 9.46. The molecule has 0 saturated carbocycles. The lowest BCUT2D eigenvalue weighted by molar-refractivity contribution is 0.372. The molecule has 0 fully saturated rings. The molecule has 0 saturated heterocycles. The molecular weight excluding hydrogens is 302 g/mol. The molecule has 0 N–H and O–H groups in total. The van der Waals surface area contributed by atoms with Crippen molar-refractivity contribution in [2.45, 2.75) is 43.5 Å². The highest BCUT2D eigenvalue weighted by Crippen LogP contribution is 2.26. The van der Waals surface area contributed by atoms with Gasteiger partial charge in [-0.1, -0.05) is 55.4 Å². The van der Waals surface area contributed by atoms with Gasteiger partial charge in [-0.15, -0.1) is 0 Å². The van der Waals surface area contributed by atoms with Crippen molar-refractivity contribution in [3.05, 3.63) is 34.6 Å². The molecule has 0 radical (unpaired) electrons. The quantitative estimate of drug-likeness (QED) is 0.290. The Labute approximate surface area is 126 Å². The van der Waals surface area contributed by atoms with Gasteiger partial charge in [0.1, 0.15) is 0 Å². The summed E-state index contributed by atoms with van der Waals surface area (Å²) in [7, 11) is 0. The minimum Gasteiger partial charge on any atom is -0.203 e. The number of halogens is 5. The van der Waals surface area contributed by atoms with E-state index in [9.17, 15) is 22.0 Å². The van der Waals surface area contributed by atoms with E-state index in [0.29, 0.717) is 11.8 Å². The number of hydrogen-bond acceptors (Lipinski definition) is 0. The lowest BCUT2D eigenvalue weighted by atomic mass is 10.2. The highest BCUT2D eigenvalue weighted by molar-refractivity contribution is 6.58. The second kappa shape index (κ2) is 7.60. The Bertz CT molecular complexity index is 460. The van der Waals surface area contributed by atoms with Crippen molar-refractivity contribution in [2.24, 2.45) is 11.8 Å². The first-order valence-corrected chi connectivity index (χ1v) is 9.60. The van der Waals surface area contributed by atoms with Crippen molar-refractivity contribution in [3.8, 4) is 0 Å². The molecule has 118 valence electrons. The Morgan fingerprint density at radius 3 is 1.33 bits per heavy atom. The van der Waals surface area contributed by atoms with Gasteiger partial charge in [0.2, 0.25) is 5.82 Å². The molecule has 0 nitrogen and oxygen atoms in total. The van der Waals surface area contributed by atoms with Gasteiger partial charge in [-0.05, 0) is 0 Å². The molecule has 0 heterocycles. The first kappa shape index (κ1) is 18.5. The summed E-state index contributed by atoms with van der Waals surface area (Å²) in [6.07, 6.45) is 0. The summed E-state index contributed by atoms with van der Waals surface area (Å²) in [4.78, 5) is 0. The van der Waals surface area contributed by atoms with E-state index in [0.717, 1.165) is 10.6 Å². The Balaban J connectivity index is 3.14. The molecule has 0 unspecified atom stereocenters. The van der Waals surface area contributed by atoms with Crippen molar-refractivity contribution in [1.29, 1.82) is 0 Å². The maximum atomic E-state index is 13.7. The molecule has 0 spiro atoms. The Kier molecular flexibility index (Phi) is 6.68. The van der Waals surface area contributed by atoms with Gasteiger partial charge in [-0.25, -0.2) is 22.0 Å². The smallest absolute Gasteiger partial charge is 0.203 e. The van der Waals surface area contributed by atoms with Crippen LogP contribution in [0, 0.1) is 40.9 Å². The molecule has 0 amide bonds. The molecule has 0 aliphatic carbocycles. The number of benzene rings is 1. The van der Waals surface area contributed by atoms with Crippen molar-refractivity contribution in [3.63, 3.8) is 0 Å². The molecule has 21 heavy (non-hydrogen) atoms. The van der Waals surface area contributed by atoms with E-state index in [2.05, 4.69) is 0 Å². The lowest BCUT2D eigenvalue weighted by Crippen LogP contribution is -2.23. The molecule has 1 rings (SSSR count). The zero-order chi connectivity index (χ0) is 16.3. The third-order valence-corrected chi connectivity index (χ3v) is 7.61. The van der Waals surface area contributed by atoms with Gasteiger partial charge in [-0.2, -0.15) is 0 Å². The van der Waals surface area contributed by atoms with Crippen molar-refractivity contribution in [1.82, 2.24) is 0 Å². The largest absolute Gasteiger partial charge is 0.268 e. The number of hydrogen-bond donors (Lipinski definition) is 0. The topological polar surface area (TPSA) is 0 Å². The molecule has 0 aliphatic rings. The van der Waals surface area contributed by atoms with E-state index in [-0.39, 0.29) is 5.28 Å². The van der Waals surface area contributed by atoms with Crippen LogP contribution in [0.2, 0.25) is 10.6 Å². The van der Waals surface area contributed by atoms with Crippen LogP contribution < -0.4 is 0 Å². The average molecular weight is 322 g/mol. The summed E-state index contributed by atoms with van der Waals surface area (Å²) in [5.41, 5.74) is -0.635. The van der Waals surface area contributed by atoms with Crippen LogP contribution in [0.4, 0.5) is 22.0 Å². The van der Waals surface area contributed by atoms with E-state index in [1.165, 1.54) is 0 Å². The standard InChI is InChI=1S/C7H2F5.2C4H9.Al/c1-2-3(8)5(10)7(12)6(11)4(2)9;2*1-4(2)3;/h1H2;2*4H,1H2,2-3H3;. The first-order chi connectivity index (χ1) is 9.65. The minimum absolute atomic E-state index is 0.00213. The van der Waals surface area contributed by atoms with Crippen LogP contribution in [0.3, 0.4) is 0 Å². The summed E-state index contributed by atoms with van der Waals surface area (Å²) < 4.78 is 67.0. The van der Waals surface area contributed by atoms with E-state index in [4.69, 9.17) is 0 Å². The summed E-state index contributed by atoms with van der Waals surface area (Å²) in [5.74, 6) is -8.41. The van der Waals surface area contributed by atoms with Crippen LogP contribution in [0.5, 0.6) is 0 Å². The normalized spacial score (nSPS) is 11.6. The minimum atomic E-state index is -2.08. The summed E-state index contributed by atoms with van der Waals surface area (Å²) in [6.45, 7) is 8.00. The second-order valence-electron chi connectivity index (χ2n) is 6.38. The van der Waals surface area contributed by atoms with Crippen LogP contribution in [0.1, 0.15) is 33.3 Å². The molecule has 0 atom stereocenters. The molecule has 0 bridgehead atoms. The Morgan fingerprint density at radius 1 is 0.667 bits per heavy atom. The van der Waals surface area contributed by atoms with Gasteiger partial charge in [0, 0.05) is 5.56 Å². The first-order valence-electron chi connectivity index (χ1n) is 7.15.